The Hall–Kier alpha value is -1.38. The van der Waals surface area contributed by atoms with E-state index >= 15 is 0 Å². The quantitative estimate of drug-likeness (QED) is 0.641. The molecular formula is C11H14N2O. The SMILES string of the molecule is Cc1nc(C(C)(C)C)nc2ccoc12. The van der Waals surface area contributed by atoms with Gasteiger partial charge < -0.3 is 4.42 Å². The van der Waals surface area contributed by atoms with Crippen molar-refractivity contribution in [3.05, 3.63) is 23.8 Å². The highest BCUT2D eigenvalue weighted by Gasteiger charge is 2.19. The van der Waals surface area contributed by atoms with Crippen LogP contribution in [0, 0.1) is 6.92 Å². The molecule has 0 N–H and O–H groups in total. The summed E-state index contributed by atoms with van der Waals surface area (Å²) in [4.78, 5) is 8.90. The third kappa shape index (κ3) is 1.39. The highest BCUT2D eigenvalue weighted by atomic mass is 16.3. The zero-order valence-electron chi connectivity index (χ0n) is 8.96. The summed E-state index contributed by atoms with van der Waals surface area (Å²) in [6.07, 6.45) is 1.65. The minimum atomic E-state index is -0.0176. The molecule has 0 fully saturated rings. The van der Waals surface area contributed by atoms with E-state index in [1.807, 2.05) is 13.0 Å². The highest BCUT2D eigenvalue weighted by Crippen LogP contribution is 2.23. The third-order valence-corrected chi connectivity index (χ3v) is 2.14. The van der Waals surface area contributed by atoms with E-state index in [0.29, 0.717) is 0 Å². The molecule has 0 amide bonds. The second kappa shape index (κ2) is 2.80. The van der Waals surface area contributed by atoms with Crippen LogP contribution in [0.1, 0.15) is 32.3 Å². The van der Waals surface area contributed by atoms with E-state index in [1.54, 1.807) is 6.26 Å². The molecule has 0 aliphatic carbocycles. The van der Waals surface area contributed by atoms with Crippen LogP contribution in [0.15, 0.2) is 16.7 Å². The molecule has 2 aromatic heterocycles. The predicted molar refractivity (Wildman–Crippen MR) is 55.2 cm³/mol. The lowest BCUT2D eigenvalue weighted by Gasteiger charge is -2.16. The topological polar surface area (TPSA) is 38.9 Å². The third-order valence-electron chi connectivity index (χ3n) is 2.14. The average Bonchev–Trinajstić information content (AvgIpc) is 2.50. The minimum Gasteiger partial charge on any atom is -0.461 e. The van der Waals surface area contributed by atoms with Crippen LogP contribution in [-0.2, 0) is 5.41 Å². The van der Waals surface area contributed by atoms with Crippen LogP contribution < -0.4 is 0 Å². The number of nitrogens with zero attached hydrogens (tertiary/aromatic N) is 2. The van der Waals surface area contributed by atoms with Crippen molar-refractivity contribution in [1.82, 2.24) is 9.97 Å². The van der Waals surface area contributed by atoms with Gasteiger partial charge in [0.15, 0.2) is 5.58 Å². The molecule has 0 spiro atoms. The summed E-state index contributed by atoms with van der Waals surface area (Å²) >= 11 is 0. The van der Waals surface area contributed by atoms with Crippen LogP contribution in [0.3, 0.4) is 0 Å². The number of aryl methyl sites for hydroxylation is 1. The van der Waals surface area contributed by atoms with Gasteiger partial charge in [-0.25, -0.2) is 9.97 Å². The molecule has 3 heteroatoms. The summed E-state index contributed by atoms with van der Waals surface area (Å²) < 4.78 is 5.29. The Morgan fingerprint density at radius 2 is 1.93 bits per heavy atom. The van der Waals surface area contributed by atoms with Crippen LogP contribution in [0.5, 0.6) is 0 Å². The maximum absolute atomic E-state index is 5.29. The largest absolute Gasteiger partial charge is 0.461 e. The molecule has 0 atom stereocenters. The summed E-state index contributed by atoms with van der Waals surface area (Å²) in [6, 6.07) is 1.87. The number of furan rings is 1. The molecule has 0 saturated heterocycles. The summed E-state index contributed by atoms with van der Waals surface area (Å²) in [7, 11) is 0. The van der Waals surface area contributed by atoms with Crippen molar-refractivity contribution in [2.75, 3.05) is 0 Å². The molecule has 2 heterocycles. The first-order valence-corrected chi connectivity index (χ1v) is 4.71. The fourth-order valence-electron chi connectivity index (χ4n) is 1.35. The molecule has 2 aromatic rings. The zero-order valence-corrected chi connectivity index (χ0v) is 8.96. The summed E-state index contributed by atoms with van der Waals surface area (Å²) in [6.45, 7) is 8.26. The van der Waals surface area contributed by atoms with Gasteiger partial charge in [0.2, 0.25) is 0 Å². The fourth-order valence-corrected chi connectivity index (χ4v) is 1.35. The number of aromatic nitrogens is 2. The first-order chi connectivity index (χ1) is 6.48. The Bertz CT molecular complexity index is 466. The second-order valence-electron chi connectivity index (χ2n) is 4.52. The van der Waals surface area contributed by atoms with E-state index in [2.05, 4.69) is 30.7 Å². The van der Waals surface area contributed by atoms with Crippen molar-refractivity contribution in [1.29, 1.82) is 0 Å². The van der Waals surface area contributed by atoms with Crippen molar-refractivity contribution >= 4 is 11.1 Å². The van der Waals surface area contributed by atoms with Gasteiger partial charge in [-0.05, 0) is 6.92 Å². The molecule has 3 nitrogen and oxygen atoms in total. The Morgan fingerprint density at radius 1 is 1.21 bits per heavy atom. The predicted octanol–water partition coefficient (Wildman–Crippen LogP) is 2.83. The minimum absolute atomic E-state index is 0.0176. The van der Waals surface area contributed by atoms with Crippen molar-refractivity contribution in [2.45, 2.75) is 33.1 Å². The Balaban J connectivity index is 2.70. The van der Waals surface area contributed by atoms with Gasteiger partial charge in [0, 0.05) is 11.5 Å². The van der Waals surface area contributed by atoms with Gasteiger partial charge in [-0.3, -0.25) is 0 Å². The number of hydrogen-bond donors (Lipinski definition) is 0. The molecule has 0 aliphatic heterocycles. The Labute approximate surface area is 83.2 Å². The van der Waals surface area contributed by atoms with Crippen LogP contribution in [0.25, 0.3) is 11.1 Å². The summed E-state index contributed by atoms with van der Waals surface area (Å²) in [5, 5.41) is 0. The van der Waals surface area contributed by atoms with Crippen molar-refractivity contribution in [3.8, 4) is 0 Å². The summed E-state index contributed by atoms with van der Waals surface area (Å²) in [5.41, 5.74) is 2.57. The van der Waals surface area contributed by atoms with Crippen LogP contribution in [-0.4, -0.2) is 9.97 Å². The van der Waals surface area contributed by atoms with Gasteiger partial charge in [-0.2, -0.15) is 0 Å². The monoisotopic (exact) mass is 190 g/mol. The van der Waals surface area contributed by atoms with E-state index < -0.39 is 0 Å². The molecule has 14 heavy (non-hydrogen) atoms. The second-order valence-corrected chi connectivity index (χ2v) is 4.52. The Kier molecular flexibility index (Phi) is 1.84. The maximum atomic E-state index is 5.29. The Morgan fingerprint density at radius 3 is 2.57 bits per heavy atom. The van der Waals surface area contributed by atoms with Gasteiger partial charge >= 0.3 is 0 Å². The lowest BCUT2D eigenvalue weighted by Crippen LogP contribution is -2.16. The van der Waals surface area contributed by atoms with Gasteiger partial charge in [0.1, 0.15) is 11.3 Å². The van der Waals surface area contributed by atoms with E-state index in [9.17, 15) is 0 Å². The molecule has 0 saturated carbocycles. The highest BCUT2D eigenvalue weighted by molar-refractivity contribution is 5.74. The van der Waals surface area contributed by atoms with Crippen molar-refractivity contribution in [2.24, 2.45) is 0 Å². The smallest absolute Gasteiger partial charge is 0.173 e. The van der Waals surface area contributed by atoms with Crippen LogP contribution >= 0.6 is 0 Å². The fraction of sp³-hybridized carbons (Fsp3) is 0.455. The molecule has 0 radical (unpaired) electrons. The normalized spacial score (nSPS) is 12.3. The first-order valence-electron chi connectivity index (χ1n) is 4.71. The maximum Gasteiger partial charge on any atom is 0.173 e. The first kappa shape index (κ1) is 9.19. The van der Waals surface area contributed by atoms with Gasteiger partial charge in [-0.1, -0.05) is 20.8 Å². The van der Waals surface area contributed by atoms with Crippen molar-refractivity contribution in [3.63, 3.8) is 0 Å². The van der Waals surface area contributed by atoms with E-state index in [0.717, 1.165) is 22.6 Å². The number of rotatable bonds is 0. The van der Waals surface area contributed by atoms with Gasteiger partial charge in [-0.15, -0.1) is 0 Å². The number of fused-ring (bicyclic) bond motifs is 1. The van der Waals surface area contributed by atoms with E-state index in [4.69, 9.17) is 4.42 Å². The molecule has 0 aromatic carbocycles. The van der Waals surface area contributed by atoms with Gasteiger partial charge in [0.25, 0.3) is 0 Å². The molecule has 74 valence electrons. The molecular weight excluding hydrogens is 176 g/mol. The van der Waals surface area contributed by atoms with Crippen LogP contribution in [0.4, 0.5) is 0 Å². The van der Waals surface area contributed by atoms with Crippen LogP contribution in [0.2, 0.25) is 0 Å². The van der Waals surface area contributed by atoms with Gasteiger partial charge in [0.05, 0.1) is 12.0 Å². The lowest BCUT2D eigenvalue weighted by atomic mass is 9.95. The lowest BCUT2D eigenvalue weighted by molar-refractivity contribution is 0.542. The molecule has 0 bridgehead atoms. The van der Waals surface area contributed by atoms with E-state index in [1.165, 1.54) is 0 Å². The van der Waals surface area contributed by atoms with E-state index in [-0.39, 0.29) is 5.41 Å². The number of hydrogen-bond acceptors (Lipinski definition) is 3. The molecule has 2 rings (SSSR count). The summed E-state index contributed by atoms with van der Waals surface area (Å²) in [5.74, 6) is 0.865. The zero-order chi connectivity index (χ0) is 10.3. The molecule has 0 unspecified atom stereocenters. The molecule has 0 aliphatic rings. The standard InChI is InChI=1S/C11H14N2O/c1-7-9-8(5-6-14-9)13-10(12-7)11(2,3)4/h5-6H,1-4H3. The van der Waals surface area contributed by atoms with Crippen molar-refractivity contribution < 1.29 is 4.42 Å². The average molecular weight is 190 g/mol.